The van der Waals surface area contributed by atoms with E-state index in [2.05, 4.69) is 38.8 Å². The largest absolute Gasteiger partial charge is 0.372 e. The third-order valence-electron chi connectivity index (χ3n) is 4.75. The van der Waals surface area contributed by atoms with Crippen LogP contribution in [0.3, 0.4) is 0 Å². The van der Waals surface area contributed by atoms with Gasteiger partial charge in [-0.25, -0.2) is 4.98 Å². The molecule has 1 fully saturated rings. The number of carbonyl (C=O) groups is 1. The molecule has 0 radical (unpaired) electrons. The van der Waals surface area contributed by atoms with Crippen molar-refractivity contribution in [1.82, 2.24) is 19.8 Å². The monoisotopic (exact) mass is 326 g/mol. The third kappa shape index (κ3) is 2.83. The van der Waals surface area contributed by atoms with Crippen LogP contribution in [0.1, 0.15) is 28.7 Å². The highest BCUT2D eigenvalue weighted by atomic mass is 16.5. The molecule has 126 valence electrons. The van der Waals surface area contributed by atoms with Crippen molar-refractivity contribution in [3.8, 4) is 0 Å². The Balaban J connectivity index is 1.62. The highest BCUT2D eigenvalue weighted by Crippen LogP contribution is 2.26. The number of carbonyl (C=O) groups excluding carboxylic acids is 1. The van der Waals surface area contributed by atoms with Gasteiger partial charge in [0.25, 0.3) is 0 Å². The number of nitrogens with one attached hydrogen (secondary N) is 1. The Morgan fingerprint density at radius 3 is 3.17 bits per heavy atom. The minimum atomic E-state index is -0.246. The summed E-state index contributed by atoms with van der Waals surface area (Å²) >= 11 is 0. The topological polar surface area (TPSA) is 59.4 Å². The van der Waals surface area contributed by atoms with Crippen molar-refractivity contribution in [1.29, 1.82) is 0 Å². The zero-order chi connectivity index (χ0) is 16.5. The first-order chi connectivity index (χ1) is 11.7. The molecule has 0 saturated carbocycles. The predicted octanol–water partition coefficient (Wildman–Crippen LogP) is 1.39. The van der Waals surface area contributed by atoms with E-state index in [4.69, 9.17) is 4.74 Å². The summed E-state index contributed by atoms with van der Waals surface area (Å²) in [4.78, 5) is 19.2. The Hall–Kier alpha value is -2.18. The summed E-state index contributed by atoms with van der Waals surface area (Å²) < 4.78 is 7.68. The Kier molecular flexibility index (Phi) is 4.08. The fourth-order valence-corrected chi connectivity index (χ4v) is 3.58. The molecule has 1 amide bonds. The fourth-order valence-electron chi connectivity index (χ4n) is 3.58. The number of hydrogen-bond donors (Lipinski definition) is 1. The molecular weight excluding hydrogens is 304 g/mol. The number of benzene rings is 1. The third-order valence-corrected chi connectivity index (χ3v) is 4.75. The SMILES string of the molecule is Cc1cccc([C@H]2C(=O)NCCN2Cc2cnc3n2CCOC3)c1. The Bertz CT molecular complexity index is 755. The molecule has 3 heterocycles. The van der Waals surface area contributed by atoms with Crippen molar-refractivity contribution < 1.29 is 9.53 Å². The van der Waals surface area contributed by atoms with Gasteiger partial charge in [0.15, 0.2) is 0 Å². The van der Waals surface area contributed by atoms with Crippen molar-refractivity contribution in [2.24, 2.45) is 0 Å². The van der Waals surface area contributed by atoms with Crippen molar-refractivity contribution >= 4 is 5.91 Å². The van der Waals surface area contributed by atoms with E-state index in [9.17, 15) is 4.79 Å². The first-order valence-electron chi connectivity index (χ1n) is 8.42. The Labute approximate surface area is 141 Å². The summed E-state index contributed by atoms with van der Waals surface area (Å²) in [5, 5.41) is 3.00. The van der Waals surface area contributed by atoms with Gasteiger partial charge in [0, 0.05) is 32.4 Å². The van der Waals surface area contributed by atoms with E-state index in [-0.39, 0.29) is 11.9 Å². The zero-order valence-corrected chi connectivity index (χ0v) is 13.9. The maximum Gasteiger partial charge on any atom is 0.242 e. The number of hydrogen-bond acceptors (Lipinski definition) is 4. The molecular formula is C18H22N4O2. The van der Waals surface area contributed by atoms with Gasteiger partial charge < -0.3 is 14.6 Å². The lowest BCUT2D eigenvalue weighted by Crippen LogP contribution is -2.49. The van der Waals surface area contributed by atoms with Gasteiger partial charge in [-0.1, -0.05) is 29.8 Å². The Morgan fingerprint density at radius 1 is 1.38 bits per heavy atom. The van der Waals surface area contributed by atoms with Crippen LogP contribution in [0.2, 0.25) is 0 Å². The van der Waals surface area contributed by atoms with E-state index in [1.165, 1.54) is 5.56 Å². The average Bonchev–Trinajstić information content (AvgIpc) is 2.98. The summed E-state index contributed by atoms with van der Waals surface area (Å²) in [6.45, 7) is 6.42. The van der Waals surface area contributed by atoms with Gasteiger partial charge in [0.2, 0.25) is 5.91 Å². The minimum Gasteiger partial charge on any atom is -0.372 e. The van der Waals surface area contributed by atoms with Crippen LogP contribution in [0, 0.1) is 6.92 Å². The van der Waals surface area contributed by atoms with Gasteiger partial charge in [-0.15, -0.1) is 0 Å². The van der Waals surface area contributed by atoms with E-state index in [0.717, 1.165) is 43.3 Å². The molecule has 1 N–H and O–H groups in total. The molecule has 4 rings (SSSR count). The van der Waals surface area contributed by atoms with Gasteiger partial charge >= 0.3 is 0 Å². The second-order valence-corrected chi connectivity index (χ2v) is 6.45. The summed E-state index contributed by atoms with van der Waals surface area (Å²) in [6, 6.07) is 7.96. The lowest BCUT2D eigenvalue weighted by Gasteiger charge is -2.35. The molecule has 1 atom stereocenters. The van der Waals surface area contributed by atoms with E-state index >= 15 is 0 Å². The van der Waals surface area contributed by atoms with Gasteiger partial charge in [-0.3, -0.25) is 9.69 Å². The van der Waals surface area contributed by atoms with Gasteiger partial charge in [-0.05, 0) is 12.5 Å². The van der Waals surface area contributed by atoms with Crippen LogP contribution in [0.5, 0.6) is 0 Å². The summed E-state index contributed by atoms with van der Waals surface area (Å²) in [5.41, 5.74) is 3.37. The smallest absolute Gasteiger partial charge is 0.242 e. The number of amides is 1. The van der Waals surface area contributed by atoms with Crippen LogP contribution in [0.15, 0.2) is 30.5 Å². The molecule has 2 aliphatic heterocycles. The summed E-state index contributed by atoms with van der Waals surface area (Å²) in [6.07, 6.45) is 1.92. The standard InChI is InChI=1S/C18H22N4O2/c1-13-3-2-4-14(9-13)17-18(23)19-5-6-21(17)11-15-10-20-16-12-24-8-7-22(15)16/h2-4,9-10,17H,5-8,11-12H2,1H3,(H,19,23)/t17-/m0/s1. The number of aryl methyl sites for hydroxylation is 1. The molecule has 0 spiro atoms. The van der Waals surface area contributed by atoms with Crippen molar-refractivity contribution in [2.45, 2.75) is 32.7 Å². The van der Waals surface area contributed by atoms with Crippen LogP contribution in [-0.4, -0.2) is 40.1 Å². The number of piperazine rings is 1. The molecule has 6 heteroatoms. The van der Waals surface area contributed by atoms with E-state index < -0.39 is 0 Å². The van der Waals surface area contributed by atoms with Crippen molar-refractivity contribution in [3.63, 3.8) is 0 Å². The average molecular weight is 326 g/mol. The van der Waals surface area contributed by atoms with Gasteiger partial charge in [0.05, 0.1) is 12.3 Å². The van der Waals surface area contributed by atoms with Crippen LogP contribution < -0.4 is 5.32 Å². The number of nitrogens with zero attached hydrogens (tertiary/aromatic N) is 3. The normalized spacial score (nSPS) is 21.4. The number of imidazole rings is 1. The molecule has 0 bridgehead atoms. The molecule has 2 aliphatic rings. The predicted molar refractivity (Wildman–Crippen MR) is 89.2 cm³/mol. The number of aromatic nitrogens is 2. The zero-order valence-electron chi connectivity index (χ0n) is 13.9. The second kappa shape index (κ2) is 6.37. The molecule has 6 nitrogen and oxygen atoms in total. The molecule has 1 aromatic carbocycles. The van der Waals surface area contributed by atoms with E-state index in [1.807, 2.05) is 18.3 Å². The summed E-state index contributed by atoms with van der Waals surface area (Å²) in [5.74, 6) is 1.05. The van der Waals surface area contributed by atoms with Crippen LogP contribution in [0.4, 0.5) is 0 Å². The van der Waals surface area contributed by atoms with Gasteiger partial charge in [-0.2, -0.15) is 0 Å². The molecule has 0 unspecified atom stereocenters. The lowest BCUT2D eigenvalue weighted by atomic mass is 10.0. The molecule has 1 saturated heterocycles. The van der Waals surface area contributed by atoms with Crippen molar-refractivity contribution in [2.75, 3.05) is 19.7 Å². The first-order valence-corrected chi connectivity index (χ1v) is 8.42. The quantitative estimate of drug-likeness (QED) is 0.926. The van der Waals surface area contributed by atoms with Crippen LogP contribution in [0.25, 0.3) is 0 Å². The van der Waals surface area contributed by atoms with E-state index in [1.54, 1.807) is 0 Å². The molecule has 24 heavy (non-hydrogen) atoms. The molecule has 2 aromatic rings. The van der Waals surface area contributed by atoms with Crippen LogP contribution >= 0.6 is 0 Å². The fraction of sp³-hybridized carbons (Fsp3) is 0.444. The van der Waals surface area contributed by atoms with Gasteiger partial charge in [0.1, 0.15) is 18.5 Å². The number of fused-ring (bicyclic) bond motifs is 1. The van der Waals surface area contributed by atoms with Crippen LogP contribution in [-0.2, 0) is 29.2 Å². The highest BCUT2D eigenvalue weighted by Gasteiger charge is 2.32. The first kappa shape index (κ1) is 15.4. The molecule has 1 aromatic heterocycles. The maximum absolute atomic E-state index is 12.5. The maximum atomic E-state index is 12.5. The second-order valence-electron chi connectivity index (χ2n) is 6.45. The van der Waals surface area contributed by atoms with E-state index in [0.29, 0.717) is 13.2 Å². The molecule has 0 aliphatic carbocycles. The number of ether oxygens (including phenoxy) is 1. The minimum absolute atomic E-state index is 0.0774. The Morgan fingerprint density at radius 2 is 2.29 bits per heavy atom. The number of rotatable bonds is 3. The van der Waals surface area contributed by atoms with Crippen molar-refractivity contribution in [3.05, 3.63) is 53.1 Å². The lowest BCUT2D eigenvalue weighted by molar-refractivity contribution is -0.129. The highest BCUT2D eigenvalue weighted by molar-refractivity contribution is 5.84. The summed E-state index contributed by atoms with van der Waals surface area (Å²) in [7, 11) is 0.